The van der Waals surface area contributed by atoms with Crippen molar-refractivity contribution < 1.29 is 18.6 Å². The zero-order valence-electron chi connectivity index (χ0n) is 11.0. The minimum atomic E-state index is -1.38. The molecule has 0 aliphatic heterocycles. The lowest BCUT2D eigenvalue weighted by molar-refractivity contribution is 0.208. The Kier molecular flexibility index (Phi) is 4.40. The van der Waals surface area contributed by atoms with Crippen LogP contribution in [0.5, 0.6) is 5.75 Å². The van der Waals surface area contributed by atoms with E-state index in [1.165, 1.54) is 7.11 Å². The van der Waals surface area contributed by atoms with Crippen molar-refractivity contribution >= 4 is 15.9 Å². The van der Waals surface area contributed by atoms with Crippen molar-refractivity contribution in [3.8, 4) is 5.75 Å². The molecule has 20 heavy (non-hydrogen) atoms. The van der Waals surface area contributed by atoms with Gasteiger partial charge in [-0.3, -0.25) is 0 Å². The van der Waals surface area contributed by atoms with E-state index in [0.717, 1.165) is 22.2 Å². The van der Waals surface area contributed by atoms with E-state index in [9.17, 15) is 13.9 Å². The van der Waals surface area contributed by atoms with E-state index in [-0.39, 0.29) is 11.3 Å². The first-order valence-corrected chi connectivity index (χ1v) is 6.70. The SMILES string of the molecule is COc1cc(F)c(C(O)c2cc(Br)ccc2C)c(F)c1. The number of aliphatic hydroxyl groups excluding tert-OH is 1. The second-order valence-corrected chi connectivity index (χ2v) is 5.32. The third-order valence-electron chi connectivity index (χ3n) is 3.10. The van der Waals surface area contributed by atoms with Crippen molar-refractivity contribution in [2.75, 3.05) is 7.11 Å². The molecule has 2 nitrogen and oxygen atoms in total. The molecule has 2 aromatic rings. The van der Waals surface area contributed by atoms with Crippen LogP contribution in [0.25, 0.3) is 0 Å². The molecule has 0 aromatic heterocycles. The Balaban J connectivity index is 2.53. The molecule has 0 heterocycles. The molecule has 106 valence electrons. The van der Waals surface area contributed by atoms with Crippen LogP contribution in [0.3, 0.4) is 0 Å². The summed E-state index contributed by atoms with van der Waals surface area (Å²) in [7, 11) is 1.32. The second kappa shape index (κ2) is 5.89. The number of hydrogen-bond donors (Lipinski definition) is 1. The Morgan fingerprint density at radius 1 is 1.15 bits per heavy atom. The maximum absolute atomic E-state index is 14.0. The summed E-state index contributed by atoms with van der Waals surface area (Å²) in [5.41, 5.74) is 0.810. The minimum Gasteiger partial charge on any atom is -0.497 e. The molecule has 0 spiro atoms. The molecule has 0 bridgehead atoms. The molecular formula is C15H13BrF2O2. The fraction of sp³-hybridized carbons (Fsp3) is 0.200. The number of halogens is 3. The van der Waals surface area contributed by atoms with Gasteiger partial charge in [0.2, 0.25) is 0 Å². The highest BCUT2D eigenvalue weighted by molar-refractivity contribution is 9.10. The molecule has 0 fully saturated rings. The highest BCUT2D eigenvalue weighted by Gasteiger charge is 2.22. The fourth-order valence-electron chi connectivity index (χ4n) is 2.00. The van der Waals surface area contributed by atoms with E-state index in [1.807, 2.05) is 0 Å². The van der Waals surface area contributed by atoms with E-state index in [2.05, 4.69) is 15.9 Å². The zero-order chi connectivity index (χ0) is 14.9. The van der Waals surface area contributed by atoms with Crippen molar-refractivity contribution in [2.24, 2.45) is 0 Å². The first kappa shape index (κ1) is 14.9. The lowest BCUT2D eigenvalue weighted by Crippen LogP contribution is -2.08. The first-order chi connectivity index (χ1) is 9.43. The maximum Gasteiger partial charge on any atom is 0.135 e. The van der Waals surface area contributed by atoms with Gasteiger partial charge in [0, 0.05) is 16.6 Å². The van der Waals surface area contributed by atoms with Crippen LogP contribution < -0.4 is 4.74 Å². The number of ether oxygens (including phenoxy) is 1. The Labute approximate surface area is 124 Å². The van der Waals surface area contributed by atoms with Gasteiger partial charge < -0.3 is 9.84 Å². The number of hydrogen-bond acceptors (Lipinski definition) is 2. The molecule has 2 rings (SSSR count). The third-order valence-corrected chi connectivity index (χ3v) is 3.59. The van der Waals surface area contributed by atoms with E-state index >= 15 is 0 Å². The average molecular weight is 343 g/mol. The van der Waals surface area contributed by atoms with Crippen molar-refractivity contribution in [3.05, 3.63) is 63.1 Å². The standard InChI is InChI=1S/C15H13BrF2O2/c1-8-3-4-9(16)5-11(8)15(19)14-12(17)6-10(20-2)7-13(14)18/h3-7,15,19H,1-2H3. The van der Waals surface area contributed by atoms with Crippen molar-refractivity contribution in [1.82, 2.24) is 0 Å². The van der Waals surface area contributed by atoms with E-state index in [4.69, 9.17) is 4.74 Å². The van der Waals surface area contributed by atoms with Crippen LogP contribution in [0.4, 0.5) is 8.78 Å². The predicted octanol–water partition coefficient (Wildman–Crippen LogP) is 4.13. The summed E-state index contributed by atoms with van der Waals surface area (Å²) in [6.07, 6.45) is -1.38. The zero-order valence-corrected chi connectivity index (χ0v) is 12.5. The van der Waals surface area contributed by atoms with E-state index < -0.39 is 17.7 Å². The average Bonchev–Trinajstić information content (AvgIpc) is 2.40. The Morgan fingerprint density at radius 2 is 1.75 bits per heavy atom. The van der Waals surface area contributed by atoms with Gasteiger partial charge in [0.25, 0.3) is 0 Å². The molecule has 0 saturated heterocycles. The fourth-order valence-corrected chi connectivity index (χ4v) is 2.38. The van der Waals surface area contributed by atoms with Gasteiger partial charge in [-0.15, -0.1) is 0 Å². The van der Waals surface area contributed by atoms with Crippen LogP contribution >= 0.6 is 15.9 Å². The smallest absolute Gasteiger partial charge is 0.135 e. The van der Waals surface area contributed by atoms with Gasteiger partial charge in [0.05, 0.1) is 12.7 Å². The number of aryl methyl sites for hydroxylation is 1. The Bertz CT molecular complexity index is 621. The summed E-state index contributed by atoms with van der Waals surface area (Å²) in [6.45, 7) is 1.77. The summed E-state index contributed by atoms with van der Waals surface area (Å²) in [6, 6.07) is 7.31. The normalized spacial score (nSPS) is 12.3. The van der Waals surface area contributed by atoms with Crippen molar-refractivity contribution in [2.45, 2.75) is 13.0 Å². The van der Waals surface area contributed by atoms with Gasteiger partial charge in [-0.25, -0.2) is 8.78 Å². The van der Waals surface area contributed by atoms with Gasteiger partial charge in [0.1, 0.15) is 23.5 Å². The van der Waals surface area contributed by atoms with Crippen LogP contribution in [0, 0.1) is 18.6 Å². The molecular weight excluding hydrogens is 330 g/mol. The topological polar surface area (TPSA) is 29.5 Å². The molecule has 1 atom stereocenters. The number of aliphatic hydroxyl groups is 1. The Hall–Kier alpha value is -1.46. The van der Waals surface area contributed by atoms with Crippen LogP contribution in [0.1, 0.15) is 22.8 Å². The summed E-state index contributed by atoms with van der Waals surface area (Å²) in [5, 5.41) is 10.3. The number of benzene rings is 2. The molecule has 0 radical (unpaired) electrons. The van der Waals surface area contributed by atoms with Gasteiger partial charge in [0.15, 0.2) is 0 Å². The number of rotatable bonds is 3. The second-order valence-electron chi connectivity index (χ2n) is 4.41. The summed E-state index contributed by atoms with van der Waals surface area (Å²) < 4.78 is 33.5. The predicted molar refractivity (Wildman–Crippen MR) is 75.9 cm³/mol. The molecule has 2 aromatic carbocycles. The molecule has 5 heteroatoms. The Morgan fingerprint density at radius 3 is 2.30 bits per heavy atom. The first-order valence-electron chi connectivity index (χ1n) is 5.91. The maximum atomic E-state index is 14.0. The lowest BCUT2D eigenvalue weighted by Gasteiger charge is -2.16. The minimum absolute atomic E-state index is 0.0712. The quantitative estimate of drug-likeness (QED) is 0.908. The molecule has 1 unspecified atom stereocenters. The highest BCUT2D eigenvalue weighted by atomic mass is 79.9. The summed E-state index contributed by atoms with van der Waals surface area (Å²) >= 11 is 3.28. The molecule has 0 aliphatic carbocycles. The lowest BCUT2D eigenvalue weighted by atomic mass is 9.96. The van der Waals surface area contributed by atoms with Crippen LogP contribution in [-0.4, -0.2) is 12.2 Å². The molecule has 0 amide bonds. The van der Waals surface area contributed by atoms with Gasteiger partial charge in [-0.2, -0.15) is 0 Å². The van der Waals surface area contributed by atoms with Crippen molar-refractivity contribution in [1.29, 1.82) is 0 Å². The van der Waals surface area contributed by atoms with Gasteiger partial charge >= 0.3 is 0 Å². The van der Waals surface area contributed by atoms with Crippen LogP contribution in [0.15, 0.2) is 34.8 Å². The third kappa shape index (κ3) is 2.83. The highest BCUT2D eigenvalue weighted by Crippen LogP contribution is 2.32. The largest absolute Gasteiger partial charge is 0.497 e. The summed E-state index contributed by atoms with van der Waals surface area (Å²) in [5.74, 6) is -1.61. The van der Waals surface area contributed by atoms with Gasteiger partial charge in [-0.05, 0) is 30.2 Å². The van der Waals surface area contributed by atoms with Crippen LogP contribution in [0.2, 0.25) is 0 Å². The van der Waals surface area contributed by atoms with E-state index in [1.54, 1.807) is 25.1 Å². The van der Waals surface area contributed by atoms with Crippen molar-refractivity contribution in [3.63, 3.8) is 0 Å². The summed E-state index contributed by atoms with van der Waals surface area (Å²) in [4.78, 5) is 0. The molecule has 0 saturated carbocycles. The molecule has 0 aliphatic rings. The molecule has 1 N–H and O–H groups in total. The van der Waals surface area contributed by atoms with Crippen LogP contribution in [-0.2, 0) is 0 Å². The van der Waals surface area contributed by atoms with Gasteiger partial charge in [-0.1, -0.05) is 22.0 Å². The monoisotopic (exact) mass is 342 g/mol. The van der Waals surface area contributed by atoms with E-state index in [0.29, 0.717) is 5.56 Å². The number of methoxy groups -OCH3 is 1.